The van der Waals surface area contributed by atoms with E-state index in [1.54, 1.807) is 7.11 Å². The predicted molar refractivity (Wildman–Crippen MR) is 114 cm³/mol. The Morgan fingerprint density at radius 3 is 2.89 bits per heavy atom. The molecule has 2 heterocycles. The number of nitrogens with zero attached hydrogens (tertiary/aromatic N) is 3. The molecule has 1 aromatic heterocycles. The smallest absolute Gasteiger partial charge is 0.234 e. The lowest BCUT2D eigenvalue weighted by molar-refractivity contribution is 0.396. The van der Waals surface area contributed by atoms with E-state index in [0.29, 0.717) is 34.5 Å². The minimum Gasteiger partial charge on any atom is -0.481 e. The van der Waals surface area contributed by atoms with Gasteiger partial charge < -0.3 is 20.3 Å². The molecule has 0 radical (unpaired) electrons. The molecule has 144 valence electrons. The van der Waals surface area contributed by atoms with Crippen molar-refractivity contribution in [3.05, 3.63) is 40.9 Å². The molecular formula is C19H24ClN5OS. The first-order valence-corrected chi connectivity index (χ1v) is 9.83. The Labute approximate surface area is 170 Å². The van der Waals surface area contributed by atoms with Gasteiger partial charge in [0, 0.05) is 30.2 Å². The number of aromatic nitrogens is 2. The highest BCUT2D eigenvalue weighted by atomic mass is 35.5. The number of ether oxygens (including phenoxy) is 1. The van der Waals surface area contributed by atoms with Crippen molar-refractivity contribution < 1.29 is 4.74 Å². The molecule has 8 heteroatoms. The highest BCUT2D eigenvalue weighted by Crippen LogP contribution is 2.26. The molecule has 0 aliphatic carbocycles. The molecule has 1 aliphatic rings. The number of hydrogen-bond donors (Lipinski definition) is 2. The zero-order chi connectivity index (χ0) is 19.2. The first-order chi connectivity index (χ1) is 13.1. The lowest BCUT2D eigenvalue weighted by Gasteiger charge is -2.34. The molecule has 1 unspecified atom stereocenters. The normalized spacial score (nSPS) is 16.7. The summed E-state index contributed by atoms with van der Waals surface area (Å²) in [5.74, 6) is 1.78. The van der Waals surface area contributed by atoms with Crippen LogP contribution in [0.25, 0.3) is 0 Å². The number of anilines is 2. The monoisotopic (exact) mass is 405 g/mol. The summed E-state index contributed by atoms with van der Waals surface area (Å²) in [6, 6.07) is 9.96. The van der Waals surface area contributed by atoms with Crippen LogP contribution in [0, 0.1) is 0 Å². The largest absolute Gasteiger partial charge is 0.481 e. The molecule has 1 aromatic carbocycles. The van der Waals surface area contributed by atoms with Gasteiger partial charge in [-0.1, -0.05) is 29.8 Å². The van der Waals surface area contributed by atoms with Crippen molar-refractivity contribution in [2.75, 3.05) is 23.9 Å². The molecular weight excluding hydrogens is 382 g/mol. The van der Waals surface area contributed by atoms with Crippen molar-refractivity contribution in [2.24, 2.45) is 0 Å². The van der Waals surface area contributed by atoms with Crippen molar-refractivity contribution >= 4 is 40.7 Å². The maximum absolute atomic E-state index is 6.18. The van der Waals surface area contributed by atoms with Gasteiger partial charge in [0.05, 0.1) is 7.11 Å². The van der Waals surface area contributed by atoms with E-state index in [0.717, 1.165) is 30.8 Å². The predicted octanol–water partition coefficient (Wildman–Crippen LogP) is 4.00. The van der Waals surface area contributed by atoms with Crippen LogP contribution >= 0.6 is 23.8 Å². The molecule has 1 fully saturated rings. The first kappa shape index (κ1) is 19.6. The maximum atomic E-state index is 6.18. The Hall–Kier alpha value is -2.12. The van der Waals surface area contributed by atoms with E-state index in [9.17, 15) is 0 Å². The topological polar surface area (TPSA) is 62.3 Å². The number of hydrogen-bond acceptors (Lipinski definition) is 5. The number of methoxy groups -OCH3 is 1. The van der Waals surface area contributed by atoms with Gasteiger partial charge in [-0.3, -0.25) is 0 Å². The highest BCUT2D eigenvalue weighted by molar-refractivity contribution is 7.80. The summed E-state index contributed by atoms with van der Waals surface area (Å²) in [5.41, 5.74) is 0.970. The quantitative estimate of drug-likeness (QED) is 0.729. The Kier molecular flexibility index (Phi) is 6.68. The fraction of sp³-hybridized carbons (Fsp3) is 0.421. The molecule has 0 bridgehead atoms. The van der Waals surface area contributed by atoms with Crippen LogP contribution in [0.4, 0.5) is 11.8 Å². The molecule has 0 saturated carbocycles. The zero-order valence-electron chi connectivity index (χ0n) is 15.5. The van der Waals surface area contributed by atoms with E-state index in [4.69, 9.17) is 28.6 Å². The number of nitrogens with one attached hydrogen (secondary N) is 2. The molecule has 2 aromatic rings. The molecule has 2 N–H and O–H groups in total. The van der Waals surface area contributed by atoms with Crippen molar-refractivity contribution in [1.82, 2.24) is 15.3 Å². The summed E-state index contributed by atoms with van der Waals surface area (Å²) in [7, 11) is 1.60. The second-order valence-electron chi connectivity index (χ2n) is 6.53. The molecule has 0 amide bonds. The van der Waals surface area contributed by atoms with E-state index >= 15 is 0 Å². The van der Waals surface area contributed by atoms with Gasteiger partial charge in [0.1, 0.15) is 5.82 Å². The van der Waals surface area contributed by atoms with E-state index < -0.39 is 0 Å². The highest BCUT2D eigenvalue weighted by Gasteiger charge is 2.21. The zero-order valence-corrected chi connectivity index (χ0v) is 17.1. The second-order valence-corrected chi connectivity index (χ2v) is 7.34. The summed E-state index contributed by atoms with van der Waals surface area (Å²) in [5, 5.41) is 7.32. The Morgan fingerprint density at radius 1 is 1.33 bits per heavy atom. The van der Waals surface area contributed by atoms with Crippen LogP contribution in [0.1, 0.15) is 31.7 Å². The van der Waals surface area contributed by atoms with E-state index in [1.165, 1.54) is 6.42 Å². The molecule has 0 spiro atoms. The number of piperidine rings is 1. The number of halogens is 1. The maximum Gasteiger partial charge on any atom is 0.234 e. The van der Waals surface area contributed by atoms with Crippen molar-refractivity contribution in [1.29, 1.82) is 0 Å². The van der Waals surface area contributed by atoms with Crippen molar-refractivity contribution in [3.63, 3.8) is 0 Å². The van der Waals surface area contributed by atoms with Gasteiger partial charge in [0.2, 0.25) is 11.8 Å². The molecule has 27 heavy (non-hydrogen) atoms. The van der Waals surface area contributed by atoms with Crippen LogP contribution in [-0.2, 0) is 6.54 Å². The third-order valence-electron chi connectivity index (χ3n) is 4.62. The Bertz CT molecular complexity index is 803. The van der Waals surface area contributed by atoms with E-state index in [-0.39, 0.29) is 0 Å². The fourth-order valence-corrected chi connectivity index (χ4v) is 3.49. The first-order valence-electron chi connectivity index (χ1n) is 9.05. The summed E-state index contributed by atoms with van der Waals surface area (Å²) in [6.07, 6.45) is 3.57. The minimum absolute atomic E-state index is 0.416. The minimum atomic E-state index is 0.416. The van der Waals surface area contributed by atoms with Gasteiger partial charge in [0.15, 0.2) is 5.11 Å². The third-order valence-corrected chi connectivity index (χ3v) is 5.23. The van der Waals surface area contributed by atoms with Gasteiger partial charge in [0.25, 0.3) is 0 Å². The second kappa shape index (κ2) is 9.19. The lowest BCUT2D eigenvalue weighted by atomic mass is 10.0. The van der Waals surface area contributed by atoms with Gasteiger partial charge in [-0.25, -0.2) is 0 Å². The SMILES string of the molecule is COc1cc(N2CCCCC2C)nc(NC(=S)NCc2ccccc2Cl)n1. The molecule has 1 aliphatic heterocycles. The summed E-state index contributed by atoms with van der Waals surface area (Å²) in [6.45, 7) is 3.72. The average molecular weight is 406 g/mol. The fourth-order valence-electron chi connectivity index (χ4n) is 3.12. The van der Waals surface area contributed by atoms with Crippen LogP contribution in [0.15, 0.2) is 30.3 Å². The number of benzene rings is 1. The third kappa shape index (κ3) is 5.20. The molecule has 1 saturated heterocycles. The average Bonchev–Trinajstić information content (AvgIpc) is 2.67. The van der Waals surface area contributed by atoms with Crippen molar-refractivity contribution in [3.8, 4) is 5.88 Å². The number of thiocarbonyl (C=S) groups is 1. The summed E-state index contributed by atoms with van der Waals surface area (Å²) in [4.78, 5) is 11.3. The lowest BCUT2D eigenvalue weighted by Crippen LogP contribution is -2.38. The van der Waals surface area contributed by atoms with Gasteiger partial charge in [-0.05, 0) is 50.0 Å². The van der Waals surface area contributed by atoms with Crippen LogP contribution in [0.3, 0.4) is 0 Å². The van der Waals surface area contributed by atoms with Crippen LogP contribution in [0.2, 0.25) is 5.02 Å². The van der Waals surface area contributed by atoms with Gasteiger partial charge in [-0.15, -0.1) is 0 Å². The Morgan fingerprint density at radius 2 is 2.15 bits per heavy atom. The van der Waals surface area contributed by atoms with Crippen molar-refractivity contribution in [2.45, 2.75) is 38.8 Å². The van der Waals surface area contributed by atoms with Crippen LogP contribution < -0.4 is 20.3 Å². The van der Waals surface area contributed by atoms with Gasteiger partial charge in [-0.2, -0.15) is 9.97 Å². The molecule has 3 rings (SSSR count). The molecule has 1 atom stereocenters. The summed E-state index contributed by atoms with van der Waals surface area (Å²) >= 11 is 11.6. The van der Waals surface area contributed by atoms with Gasteiger partial charge >= 0.3 is 0 Å². The van der Waals surface area contributed by atoms with Crippen LogP contribution in [0.5, 0.6) is 5.88 Å². The Balaban J connectivity index is 1.69. The molecule has 6 nitrogen and oxygen atoms in total. The van der Waals surface area contributed by atoms with Crippen LogP contribution in [-0.4, -0.2) is 34.8 Å². The van der Waals surface area contributed by atoms with E-state index in [1.807, 2.05) is 30.3 Å². The number of rotatable bonds is 5. The summed E-state index contributed by atoms with van der Waals surface area (Å²) < 4.78 is 5.35. The standard InChI is InChI=1S/C19H24ClN5OS/c1-13-7-5-6-10-25(13)16-11-17(26-2)23-18(22-16)24-19(27)21-12-14-8-3-4-9-15(14)20/h3-4,8-9,11,13H,5-7,10,12H2,1-2H3,(H2,21,22,23,24,27). The van der Waals surface area contributed by atoms with E-state index in [2.05, 4.69) is 32.4 Å².